The Kier molecular flexibility index (Phi) is 4.29. The van der Waals surface area contributed by atoms with Gasteiger partial charge in [-0.3, -0.25) is 0 Å². The molecule has 0 bridgehead atoms. The van der Waals surface area contributed by atoms with Crippen molar-refractivity contribution in [3.63, 3.8) is 0 Å². The molecule has 1 aromatic heterocycles. The first kappa shape index (κ1) is 13.5. The fourth-order valence-electron chi connectivity index (χ4n) is 2.50. The van der Waals surface area contributed by atoms with Crippen LogP contribution in [0.15, 0.2) is 15.2 Å². The molecule has 1 aromatic rings. The molecule has 17 heavy (non-hydrogen) atoms. The normalized spacial score (nSPS) is 21.0. The van der Waals surface area contributed by atoms with Gasteiger partial charge in [0.15, 0.2) is 0 Å². The minimum Gasteiger partial charge on any atom is -0.385 e. The van der Waals surface area contributed by atoms with Gasteiger partial charge in [0.1, 0.15) is 0 Å². The van der Waals surface area contributed by atoms with E-state index in [2.05, 4.69) is 40.1 Å². The van der Waals surface area contributed by atoms with Gasteiger partial charge in [-0.05, 0) is 40.1 Å². The Morgan fingerprint density at radius 2 is 2.06 bits per heavy atom. The first-order valence-electron chi connectivity index (χ1n) is 6.18. The van der Waals surface area contributed by atoms with Gasteiger partial charge in [0.2, 0.25) is 0 Å². The van der Waals surface area contributed by atoms with Gasteiger partial charge < -0.3 is 10.0 Å². The summed E-state index contributed by atoms with van der Waals surface area (Å²) in [5, 5.41) is 14.8. The maximum atomic E-state index is 10.7. The number of thiophene rings is 1. The number of hydrogen-bond donors (Lipinski definition) is 1. The molecule has 1 saturated heterocycles. The van der Waals surface area contributed by atoms with E-state index in [0.29, 0.717) is 5.92 Å². The van der Waals surface area contributed by atoms with Crippen LogP contribution in [0.25, 0.3) is 0 Å². The molecule has 0 aliphatic carbocycles. The molecular formula is C13H20BrNOS. The highest BCUT2D eigenvalue weighted by Gasteiger charge is 2.35. The van der Waals surface area contributed by atoms with Crippen LogP contribution < -0.4 is 0 Å². The van der Waals surface area contributed by atoms with E-state index in [1.54, 1.807) is 11.3 Å². The predicted octanol–water partition coefficient (Wildman–Crippen LogP) is 3.45. The number of aliphatic hydroxyl groups is 1. The summed E-state index contributed by atoms with van der Waals surface area (Å²) in [5.41, 5.74) is 0.457. The molecule has 0 amide bonds. The van der Waals surface area contributed by atoms with Gasteiger partial charge in [-0.25, -0.2) is 0 Å². The molecule has 0 atom stereocenters. The Morgan fingerprint density at radius 1 is 1.41 bits per heavy atom. The van der Waals surface area contributed by atoms with Gasteiger partial charge in [0, 0.05) is 35.1 Å². The van der Waals surface area contributed by atoms with Gasteiger partial charge in [-0.2, -0.15) is 11.3 Å². The highest BCUT2D eigenvalue weighted by atomic mass is 79.9. The van der Waals surface area contributed by atoms with Gasteiger partial charge in [-0.1, -0.05) is 13.8 Å². The molecule has 1 aliphatic rings. The van der Waals surface area contributed by atoms with Crippen LogP contribution in [0.2, 0.25) is 0 Å². The predicted molar refractivity (Wildman–Crippen MR) is 76.4 cm³/mol. The van der Waals surface area contributed by atoms with Crippen LogP contribution in [0.3, 0.4) is 0 Å². The van der Waals surface area contributed by atoms with Gasteiger partial charge in [-0.15, -0.1) is 0 Å². The third kappa shape index (κ3) is 3.11. The average molecular weight is 318 g/mol. The third-order valence-corrected chi connectivity index (χ3v) is 5.13. The monoisotopic (exact) mass is 317 g/mol. The largest absolute Gasteiger partial charge is 0.385 e. The molecule has 2 nitrogen and oxygen atoms in total. The van der Waals surface area contributed by atoms with Gasteiger partial charge in [0.25, 0.3) is 0 Å². The second-order valence-electron chi connectivity index (χ2n) is 5.36. The summed E-state index contributed by atoms with van der Waals surface area (Å²) in [7, 11) is 0. The zero-order valence-electron chi connectivity index (χ0n) is 10.4. The van der Waals surface area contributed by atoms with Crippen molar-refractivity contribution < 1.29 is 5.11 Å². The van der Waals surface area contributed by atoms with Crippen molar-refractivity contribution in [2.45, 2.75) is 32.3 Å². The summed E-state index contributed by atoms with van der Waals surface area (Å²) in [5.74, 6) is 0.703. The molecule has 2 heterocycles. The lowest BCUT2D eigenvalue weighted by Crippen LogP contribution is -2.43. The summed E-state index contributed by atoms with van der Waals surface area (Å²) in [6.07, 6.45) is 1.68. The lowest BCUT2D eigenvalue weighted by Gasteiger charge is -2.39. The molecule has 0 aromatic carbocycles. The van der Waals surface area contributed by atoms with Gasteiger partial charge in [0.05, 0.1) is 5.60 Å². The Balaban J connectivity index is 2.00. The summed E-state index contributed by atoms with van der Waals surface area (Å²) in [4.78, 5) is 2.46. The molecule has 96 valence electrons. The number of likely N-dealkylation sites (tertiary alicyclic amines) is 1. The third-order valence-electron chi connectivity index (χ3n) is 3.42. The van der Waals surface area contributed by atoms with E-state index in [1.807, 2.05) is 5.38 Å². The van der Waals surface area contributed by atoms with Crippen molar-refractivity contribution in [2.24, 2.45) is 5.92 Å². The summed E-state index contributed by atoms with van der Waals surface area (Å²) < 4.78 is 1.06. The molecule has 0 saturated carbocycles. The van der Waals surface area contributed by atoms with Crippen molar-refractivity contribution >= 4 is 27.3 Å². The topological polar surface area (TPSA) is 23.5 Å². The quantitative estimate of drug-likeness (QED) is 0.923. The SMILES string of the molecule is CC(C)CN1CCC(O)(c2cscc2Br)CC1. The average Bonchev–Trinajstić information content (AvgIpc) is 2.68. The van der Waals surface area contributed by atoms with Crippen molar-refractivity contribution in [3.05, 3.63) is 20.8 Å². The lowest BCUT2D eigenvalue weighted by molar-refractivity contribution is -0.0281. The molecule has 4 heteroatoms. The first-order chi connectivity index (χ1) is 8.01. The maximum Gasteiger partial charge on any atom is 0.0939 e. The van der Waals surface area contributed by atoms with Crippen LogP contribution in [-0.2, 0) is 5.60 Å². The highest BCUT2D eigenvalue weighted by molar-refractivity contribution is 9.10. The Bertz CT molecular complexity index is 369. The Morgan fingerprint density at radius 3 is 2.53 bits per heavy atom. The number of rotatable bonds is 3. The molecule has 1 N–H and O–H groups in total. The summed E-state index contributed by atoms with van der Waals surface area (Å²) in [6, 6.07) is 0. The van der Waals surface area contributed by atoms with Crippen LogP contribution in [-0.4, -0.2) is 29.6 Å². The second kappa shape index (κ2) is 5.39. The van der Waals surface area contributed by atoms with Crippen LogP contribution in [0, 0.1) is 5.92 Å². The van der Waals surface area contributed by atoms with Crippen molar-refractivity contribution in [1.82, 2.24) is 4.90 Å². The summed E-state index contributed by atoms with van der Waals surface area (Å²) >= 11 is 5.18. The standard InChI is InChI=1S/C13H20BrNOS/c1-10(2)7-15-5-3-13(16,4-6-15)11-8-17-9-12(11)14/h8-10,16H,3-7H2,1-2H3. The Labute approximate surface area is 116 Å². The number of hydrogen-bond acceptors (Lipinski definition) is 3. The van der Waals surface area contributed by atoms with E-state index in [0.717, 1.165) is 42.5 Å². The zero-order chi connectivity index (χ0) is 12.5. The number of halogens is 1. The first-order valence-corrected chi connectivity index (χ1v) is 7.92. The highest BCUT2D eigenvalue weighted by Crippen LogP contribution is 2.38. The number of piperidine rings is 1. The fourth-order valence-corrected chi connectivity index (χ4v) is 4.26. The lowest BCUT2D eigenvalue weighted by atomic mass is 9.86. The van der Waals surface area contributed by atoms with E-state index in [-0.39, 0.29) is 0 Å². The van der Waals surface area contributed by atoms with E-state index >= 15 is 0 Å². The number of nitrogens with zero attached hydrogens (tertiary/aromatic N) is 1. The van der Waals surface area contributed by atoms with Crippen LogP contribution in [0.1, 0.15) is 32.3 Å². The zero-order valence-corrected chi connectivity index (χ0v) is 12.9. The van der Waals surface area contributed by atoms with E-state index < -0.39 is 5.60 Å². The molecule has 0 unspecified atom stereocenters. The van der Waals surface area contributed by atoms with E-state index in [4.69, 9.17) is 0 Å². The molecule has 1 aliphatic heterocycles. The molecule has 1 fully saturated rings. The van der Waals surface area contributed by atoms with Crippen LogP contribution in [0.5, 0.6) is 0 Å². The minimum absolute atomic E-state index is 0.619. The molecule has 0 radical (unpaired) electrons. The van der Waals surface area contributed by atoms with Crippen LogP contribution in [0.4, 0.5) is 0 Å². The Hall–Kier alpha value is 0.100. The second-order valence-corrected chi connectivity index (χ2v) is 6.96. The van der Waals surface area contributed by atoms with Crippen molar-refractivity contribution in [2.75, 3.05) is 19.6 Å². The van der Waals surface area contributed by atoms with E-state index in [1.165, 1.54) is 0 Å². The smallest absolute Gasteiger partial charge is 0.0939 e. The van der Waals surface area contributed by atoms with E-state index in [9.17, 15) is 5.11 Å². The van der Waals surface area contributed by atoms with Gasteiger partial charge >= 0.3 is 0 Å². The minimum atomic E-state index is -0.619. The van der Waals surface area contributed by atoms with Crippen LogP contribution >= 0.6 is 27.3 Å². The molecule has 0 spiro atoms. The molecular weight excluding hydrogens is 298 g/mol. The van der Waals surface area contributed by atoms with Crippen molar-refractivity contribution in [3.8, 4) is 0 Å². The summed E-state index contributed by atoms with van der Waals surface area (Å²) in [6.45, 7) is 7.63. The van der Waals surface area contributed by atoms with Crippen molar-refractivity contribution in [1.29, 1.82) is 0 Å². The molecule has 2 rings (SSSR count). The fraction of sp³-hybridized carbons (Fsp3) is 0.692. The maximum absolute atomic E-state index is 10.7.